The van der Waals surface area contributed by atoms with E-state index in [-0.39, 0.29) is 10.7 Å². The van der Waals surface area contributed by atoms with E-state index in [2.05, 4.69) is 15.9 Å². The molecule has 0 saturated carbocycles. The molecule has 0 amide bonds. The third-order valence-corrected chi connectivity index (χ3v) is 4.29. The summed E-state index contributed by atoms with van der Waals surface area (Å²) in [4.78, 5) is 0.250. The van der Waals surface area contributed by atoms with Crippen LogP contribution in [0.5, 0.6) is 0 Å². The van der Waals surface area contributed by atoms with Crippen molar-refractivity contribution in [1.82, 2.24) is 0 Å². The highest BCUT2D eigenvalue weighted by Crippen LogP contribution is 2.30. The zero-order valence-electron chi connectivity index (χ0n) is 9.52. The van der Waals surface area contributed by atoms with E-state index in [1.165, 1.54) is 12.1 Å². The van der Waals surface area contributed by atoms with Crippen molar-refractivity contribution in [3.8, 4) is 11.1 Å². The van der Waals surface area contributed by atoms with Crippen molar-refractivity contribution in [2.24, 2.45) is 0 Å². The van der Waals surface area contributed by atoms with Gasteiger partial charge in [0.15, 0.2) is 9.84 Å². The predicted molar refractivity (Wildman–Crippen MR) is 72.6 cm³/mol. The van der Waals surface area contributed by atoms with Crippen LogP contribution in [-0.4, -0.2) is 14.7 Å². The summed E-state index contributed by atoms with van der Waals surface area (Å²) in [6.07, 6.45) is 1.16. The van der Waals surface area contributed by atoms with Crippen LogP contribution in [0, 0.1) is 5.82 Å². The number of halogens is 2. The Morgan fingerprint density at radius 1 is 1.06 bits per heavy atom. The van der Waals surface area contributed by atoms with Crippen molar-refractivity contribution in [1.29, 1.82) is 0 Å². The number of hydrogen-bond acceptors (Lipinski definition) is 2. The fourth-order valence-corrected chi connectivity index (χ4v) is 3.00. The maximum atomic E-state index is 12.8. The maximum absolute atomic E-state index is 12.8. The molecule has 5 heteroatoms. The second kappa shape index (κ2) is 4.82. The quantitative estimate of drug-likeness (QED) is 0.843. The minimum atomic E-state index is -3.22. The molecule has 0 aliphatic carbocycles. The molecule has 0 aliphatic rings. The van der Waals surface area contributed by atoms with Crippen LogP contribution in [0.2, 0.25) is 0 Å². The first-order valence-electron chi connectivity index (χ1n) is 5.13. The second-order valence-corrected chi connectivity index (χ2v) is 6.79. The molecule has 0 bridgehead atoms. The van der Waals surface area contributed by atoms with E-state index >= 15 is 0 Å². The summed E-state index contributed by atoms with van der Waals surface area (Å²) in [6.45, 7) is 0. The van der Waals surface area contributed by atoms with Crippen LogP contribution in [0.1, 0.15) is 0 Å². The zero-order chi connectivity index (χ0) is 13.3. The molecule has 2 aromatic carbocycles. The van der Waals surface area contributed by atoms with E-state index in [1.807, 2.05) is 0 Å². The lowest BCUT2D eigenvalue weighted by Crippen LogP contribution is -1.97. The molecule has 0 saturated heterocycles. The Hall–Kier alpha value is -1.20. The lowest BCUT2D eigenvalue weighted by atomic mass is 10.1. The van der Waals surface area contributed by atoms with Crippen LogP contribution in [0.15, 0.2) is 51.8 Å². The molecule has 0 unspecified atom stereocenters. The highest BCUT2D eigenvalue weighted by atomic mass is 79.9. The molecule has 0 fully saturated rings. The molecule has 0 spiro atoms. The van der Waals surface area contributed by atoms with E-state index in [0.29, 0.717) is 4.47 Å². The summed E-state index contributed by atoms with van der Waals surface area (Å²) in [5.41, 5.74) is 1.64. The average molecular weight is 329 g/mol. The molecular weight excluding hydrogens is 319 g/mol. The van der Waals surface area contributed by atoms with E-state index < -0.39 is 9.84 Å². The maximum Gasteiger partial charge on any atom is 0.175 e. The number of sulfone groups is 1. The van der Waals surface area contributed by atoms with Crippen LogP contribution in [0.4, 0.5) is 4.39 Å². The molecule has 0 aliphatic heterocycles. The molecule has 94 valence electrons. The predicted octanol–water partition coefficient (Wildman–Crippen LogP) is 3.66. The minimum absolute atomic E-state index is 0.250. The van der Waals surface area contributed by atoms with Crippen LogP contribution in [0.25, 0.3) is 11.1 Å². The third-order valence-electron chi connectivity index (χ3n) is 2.52. The molecule has 0 heterocycles. The number of rotatable bonds is 2. The SMILES string of the molecule is CS(=O)(=O)c1ccc(-c2ccc(F)cc2)c(Br)c1. The van der Waals surface area contributed by atoms with Gasteiger partial charge in [-0.1, -0.05) is 34.1 Å². The van der Waals surface area contributed by atoms with Gasteiger partial charge in [0.25, 0.3) is 0 Å². The molecule has 0 N–H and O–H groups in total. The van der Waals surface area contributed by atoms with Crippen molar-refractivity contribution in [2.45, 2.75) is 4.90 Å². The van der Waals surface area contributed by atoms with Gasteiger partial charge in [-0.3, -0.25) is 0 Å². The lowest BCUT2D eigenvalue weighted by Gasteiger charge is -2.06. The Morgan fingerprint density at radius 2 is 1.67 bits per heavy atom. The van der Waals surface area contributed by atoms with Crippen LogP contribution in [0.3, 0.4) is 0 Å². The monoisotopic (exact) mass is 328 g/mol. The Balaban J connectivity index is 2.51. The van der Waals surface area contributed by atoms with Gasteiger partial charge >= 0.3 is 0 Å². The molecule has 0 radical (unpaired) electrons. The van der Waals surface area contributed by atoms with Crippen LogP contribution >= 0.6 is 15.9 Å². The number of hydrogen-bond donors (Lipinski definition) is 0. The van der Waals surface area contributed by atoms with Crippen molar-refractivity contribution in [3.63, 3.8) is 0 Å². The highest BCUT2D eigenvalue weighted by molar-refractivity contribution is 9.10. The first-order valence-corrected chi connectivity index (χ1v) is 7.82. The zero-order valence-corrected chi connectivity index (χ0v) is 11.9. The summed E-state index contributed by atoms with van der Waals surface area (Å²) >= 11 is 3.34. The smallest absolute Gasteiger partial charge is 0.175 e. The first-order chi connectivity index (χ1) is 8.38. The van der Waals surface area contributed by atoms with Crippen molar-refractivity contribution >= 4 is 25.8 Å². The van der Waals surface area contributed by atoms with Gasteiger partial charge in [0.1, 0.15) is 5.82 Å². The van der Waals surface area contributed by atoms with Crippen molar-refractivity contribution in [2.75, 3.05) is 6.26 Å². The topological polar surface area (TPSA) is 34.1 Å². The van der Waals surface area contributed by atoms with Gasteiger partial charge in [-0.05, 0) is 35.4 Å². The third kappa shape index (κ3) is 2.79. The largest absolute Gasteiger partial charge is 0.224 e. The molecular formula is C13H10BrFO2S. The molecule has 18 heavy (non-hydrogen) atoms. The molecule has 2 aromatic rings. The molecule has 0 aromatic heterocycles. The summed E-state index contributed by atoms with van der Waals surface area (Å²) in [6, 6.07) is 10.8. The van der Waals surface area contributed by atoms with Gasteiger partial charge in [0, 0.05) is 10.7 Å². The van der Waals surface area contributed by atoms with Gasteiger partial charge in [-0.15, -0.1) is 0 Å². The van der Waals surface area contributed by atoms with E-state index in [1.54, 1.807) is 30.3 Å². The van der Waals surface area contributed by atoms with Crippen molar-refractivity contribution in [3.05, 3.63) is 52.8 Å². The summed E-state index contributed by atoms with van der Waals surface area (Å²) in [5, 5.41) is 0. The molecule has 0 atom stereocenters. The van der Waals surface area contributed by atoms with Gasteiger partial charge in [0.05, 0.1) is 4.90 Å². The summed E-state index contributed by atoms with van der Waals surface area (Å²) in [5.74, 6) is -0.303. The Bertz CT molecular complexity index is 679. The van der Waals surface area contributed by atoms with Gasteiger partial charge in [-0.2, -0.15) is 0 Å². The lowest BCUT2D eigenvalue weighted by molar-refractivity contribution is 0.602. The average Bonchev–Trinajstić information content (AvgIpc) is 2.29. The standard InChI is InChI=1S/C13H10BrFO2S/c1-18(16,17)11-6-7-12(13(14)8-11)9-2-4-10(15)5-3-9/h2-8H,1H3. The van der Waals surface area contributed by atoms with E-state index in [4.69, 9.17) is 0 Å². The van der Waals surface area contributed by atoms with Gasteiger partial charge < -0.3 is 0 Å². The van der Waals surface area contributed by atoms with Gasteiger partial charge in [0.2, 0.25) is 0 Å². The van der Waals surface area contributed by atoms with Crippen molar-refractivity contribution < 1.29 is 12.8 Å². The highest BCUT2D eigenvalue weighted by Gasteiger charge is 2.10. The minimum Gasteiger partial charge on any atom is -0.224 e. The first kappa shape index (κ1) is 13.2. The van der Waals surface area contributed by atoms with Gasteiger partial charge in [-0.25, -0.2) is 12.8 Å². The fraction of sp³-hybridized carbons (Fsp3) is 0.0769. The normalized spacial score (nSPS) is 11.5. The van der Waals surface area contributed by atoms with E-state index in [9.17, 15) is 12.8 Å². The Kier molecular flexibility index (Phi) is 3.54. The summed E-state index contributed by atoms with van der Waals surface area (Å²) < 4.78 is 36.3. The Morgan fingerprint density at radius 3 is 2.17 bits per heavy atom. The number of benzene rings is 2. The fourth-order valence-electron chi connectivity index (χ4n) is 1.59. The Labute approximate surface area is 114 Å². The molecule has 2 nitrogen and oxygen atoms in total. The molecule has 2 rings (SSSR count). The second-order valence-electron chi connectivity index (χ2n) is 3.92. The van der Waals surface area contributed by atoms with E-state index in [0.717, 1.165) is 17.4 Å². The van der Waals surface area contributed by atoms with Crippen LogP contribution in [-0.2, 0) is 9.84 Å². The summed E-state index contributed by atoms with van der Waals surface area (Å²) in [7, 11) is -3.22. The van der Waals surface area contributed by atoms with Crippen LogP contribution < -0.4 is 0 Å².